The van der Waals surface area contributed by atoms with Crippen LogP contribution in [-0.2, 0) is 11.9 Å². The van der Waals surface area contributed by atoms with Crippen LogP contribution in [0.5, 0.6) is 0 Å². The van der Waals surface area contributed by atoms with Gasteiger partial charge in [-0.3, -0.25) is 4.84 Å². The maximum Gasteiger partial charge on any atom is 0.178 e. The van der Waals surface area contributed by atoms with E-state index < -0.39 is 0 Å². The number of halogens is 1. The Hall–Kier alpha value is -1.03. The molecule has 2 aromatic rings. The van der Waals surface area contributed by atoms with Gasteiger partial charge in [0, 0.05) is 34.7 Å². The fourth-order valence-corrected chi connectivity index (χ4v) is 1.92. The van der Waals surface area contributed by atoms with E-state index in [1.54, 1.807) is 0 Å². The lowest BCUT2D eigenvalue weighted by atomic mass is 10.2. The molecule has 0 radical (unpaired) electrons. The number of aromatic nitrogens is 1. The molecule has 1 aromatic heterocycles. The van der Waals surface area contributed by atoms with Gasteiger partial charge in [0.25, 0.3) is 0 Å². The predicted molar refractivity (Wildman–Crippen MR) is 54.9 cm³/mol. The Balaban J connectivity index is 2.32. The number of hydrogen-bond donors (Lipinski definition) is 1. The van der Waals surface area contributed by atoms with Gasteiger partial charge in [-0.15, -0.1) is 0 Å². The lowest BCUT2D eigenvalue weighted by Gasteiger charge is -1.95. The molecule has 1 atom stereocenters. The van der Waals surface area contributed by atoms with Gasteiger partial charge in [0.15, 0.2) is 6.23 Å². The van der Waals surface area contributed by atoms with Crippen molar-refractivity contribution < 1.29 is 4.84 Å². The zero-order valence-corrected chi connectivity index (χ0v) is 8.38. The molecule has 0 aliphatic carbocycles. The fourth-order valence-electron chi connectivity index (χ4n) is 1.76. The minimum Gasteiger partial charge on any atom is -0.350 e. The maximum absolute atomic E-state index is 5.93. The third-order valence-electron chi connectivity index (χ3n) is 2.50. The van der Waals surface area contributed by atoms with Crippen LogP contribution in [0.15, 0.2) is 24.4 Å². The highest BCUT2D eigenvalue weighted by molar-refractivity contribution is 6.31. The van der Waals surface area contributed by atoms with Gasteiger partial charge in [0.05, 0.1) is 0 Å². The number of fused-ring (bicyclic) bond motifs is 1. The molecule has 0 spiro atoms. The van der Waals surface area contributed by atoms with E-state index in [1.165, 1.54) is 10.9 Å². The van der Waals surface area contributed by atoms with Crippen molar-refractivity contribution in [2.75, 3.05) is 0 Å². The summed E-state index contributed by atoms with van der Waals surface area (Å²) in [6, 6.07) is 5.88. The smallest absolute Gasteiger partial charge is 0.178 e. The Morgan fingerprint density at radius 1 is 1.50 bits per heavy atom. The van der Waals surface area contributed by atoms with Gasteiger partial charge < -0.3 is 4.57 Å². The topological polar surface area (TPSA) is 39.4 Å². The molecule has 4 heteroatoms. The lowest BCUT2D eigenvalue weighted by molar-refractivity contribution is 0.375. The average Bonchev–Trinajstić information content (AvgIpc) is 2.94. The zero-order chi connectivity index (χ0) is 9.71. The van der Waals surface area contributed by atoms with E-state index in [0.717, 1.165) is 10.5 Å². The van der Waals surface area contributed by atoms with Crippen LogP contribution in [0.4, 0.5) is 0 Å². The highest BCUT2D eigenvalue weighted by Gasteiger charge is 2.27. The third kappa shape index (κ3) is 1.14. The number of benzene rings is 1. The minimum atomic E-state index is 0.0554. The number of hydrogen-bond acceptors (Lipinski definition) is 2. The summed E-state index contributed by atoms with van der Waals surface area (Å²) in [4.78, 5) is 5.05. The SMILES string of the molecule is Cn1cc(C2NO2)c2ccc(Cl)cc21. The van der Waals surface area contributed by atoms with Gasteiger partial charge in [-0.1, -0.05) is 17.7 Å². The van der Waals surface area contributed by atoms with Crippen molar-refractivity contribution in [1.29, 1.82) is 0 Å². The molecule has 1 unspecified atom stereocenters. The van der Waals surface area contributed by atoms with E-state index in [0.29, 0.717) is 0 Å². The molecule has 2 heterocycles. The first-order chi connectivity index (χ1) is 6.75. The van der Waals surface area contributed by atoms with Crippen molar-refractivity contribution in [2.24, 2.45) is 7.05 Å². The van der Waals surface area contributed by atoms with Crippen molar-refractivity contribution in [3.8, 4) is 0 Å². The van der Waals surface area contributed by atoms with Crippen LogP contribution in [0.25, 0.3) is 10.9 Å². The molecule has 0 bridgehead atoms. The summed E-state index contributed by atoms with van der Waals surface area (Å²) in [6.07, 6.45) is 2.12. The summed E-state index contributed by atoms with van der Waals surface area (Å²) < 4.78 is 2.06. The van der Waals surface area contributed by atoms with E-state index in [-0.39, 0.29) is 6.23 Å². The third-order valence-corrected chi connectivity index (χ3v) is 2.74. The summed E-state index contributed by atoms with van der Waals surface area (Å²) in [5, 5.41) is 1.95. The van der Waals surface area contributed by atoms with Crippen LogP contribution in [0, 0.1) is 0 Å². The molecule has 1 N–H and O–H groups in total. The second kappa shape index (κ2) is 2.73. The first-order valence-electron chi connectivity index (χ1n) is 4.41. The van der Waals surface area contributed by atoms with Crippen molar-refractivity contribution in [2.45, 2.75) is 6.23 Å². The van der Waals surface area contributed by atoms with Crippen molar-refractivity contribution in [3.63, 3.8) is 0 Å². The Labute approximate surface area is 86.2 Å². The number of nitrogens with one attached hydrogen (secondary N) is 1. The fraction of sp³-hybridized carbons (Fsp3) is 0.200. The molecule has 1 aromatic carbocycles. The molecule has 0 amide bonds. The molecule has 14 heavy (non-hydrogen) atoms. The largest absolute Gasteiger partial charge is 0.350 e. The second-order valence-electron chi connectivity index (χ2n) is 3.47. The van der Waals surface area contributed by atoms with Gasteiger partial charge in [0.2, 0.25) is 0 Å². The van der Waals surface area contributed by atoms with E-state index >= 15 is 0 Å². The summed E-state index contributed by atoms with van der Waals surface area (Å²) in [7, 11) is 2.00. The quantitative estimate of drug-likeness (QED) is 0.731. The number of rotatable bonds is 1. The number of aryl methyl sites for hydroxylation is 1. The first-order valence-corrected chi connectivity index (χ1v) is 4.79. The van der Waals surface area contributed by atoms with Gasteiger partial charge in [-0.2, -0.15) is 5.48 Å². The average molecular weight is 209 g/mol. The molecule has 0 saturated carbocycles. The summed E-state index contributed by atoms with van der Waals surface area (Å²) in [5.74, 6) is 0. The van der Waals surface area contributed by atoms with Crippen LogP contribution >= 0.6 is 11.6 Å². The van der Waals surface area contributed by atoms with Crippen molar-refractivity contribution in [3.05, 3.63) is 35.0 Å². The van der Waals surface area contributed by atoms with Crippen LogP contribution in [0.3, 0.4) is 0 Å². The molecule has 72 valence electrons. The molecule has 1 saturated heterocycles. The van der Waals surface area contributed by atoms with Crippen LogP contribution in [0.2, 0.25) is 5.02 Å². The molecule has 1 fully saturated rings. The highest BCUT2D eigenvalue weighted by Crippen LogP contribution is 2.32. The van der Waals surface area contributed by atoms with Gasteiger partial charge >= 0.3 is 0 Å². The summed E-state index contributed by atoms with van der Waals surface area (Å²) >= 11 is 5.93. The lowest BCUT2D eigenvalue weighted by Crippen LogP contribution is -1.83. The first kappa shape index (κ1) is 8.29. The molecule has 1 aliphatic rings. The van der Waals surface area contributed by atoms with Gasteiger partial charge in [-0.25, -0.2) is 0 Å². The van der Waals surface area contributed by atoms with Gasteiger partial charge in [0.1, 0.15) is 0 Å². The summed E-state index contributed by atoms with van der Waals surface area (Å²) in [6.45, 7) is 0. The number of nitrogens with zero attached hydrogens (tertiary/aromatic N) is 1. The second-order valence-corrected chi connectivity index (χ2v) is 3.91. The van der Waals surface area contributed by atoms with Crippen LogP contribution in [0.1, 0.15) is 11.8 Å². The molecule has 1 aliphatic heterocycles. The normalized spacial score (nSPS) is 20.3. The van der Waals surface area contributed by atoms with E-state index in [2.05, 4.69) is 16.2 Å². The molecular formula is C10H9ClN2O. The number of hydroxylamine groups is 1. The zero-order valence-electron chi connectivity index (χ0n) is 7.62. The maximum atomic E-state index is 5.93. The van der Waals surface area contributed by atoms with Gasteiger partial charge in [-0.05, 0) is 12.1 Å². The van der Waals surface area contributed by atoms with Crippen LogP contribution < -0.4 is 5.48 Å². The Kier molecular flexibility index (Phi) is 1.62. The summed E-state index contributed by atoms with van der Waals surface area (Å²) in [5.41, 5.74) is 5.12. The van der Waals surface area contributed by atoms with Crippen LogP contribution in [-0.4, -0.2) is 4.57 Å². The molecule has 3 nitrogen and oxygen atoms in total. The highest BCUT2D eigenvalue weighted by atomic mass is 35.5. The standard InChI is InChI=1S/C10H9ClN2O/c1-13-5-8(10-12-14-10)7-3-2-6(11)4-9(7)13/h2-5,10,12H,1H3. The van der Waals surface area contributed by atoms with Crippen molar-refractivity contribution in [1.82, 2.24) is 10.0 Å². The Bertz CT molecular complexity index is 502. The Morgan fingerprint density at radius 2 is 2.29 bits per heavy atom. The Morgan fingerprint density at radius 3 is 3.00 bits per heavy atom. The van der Waals surface area contributed by atoms with E-state index in [4.69, 9.17) is 16.4 Å². The van der Waals surface area contributed by atoms with E-state index in [1.807, 2.05) is 25.2 Å². The predicted octanol–water partition coefficient (Wildman–Crippen LogP) is 2.37. The van der Waals surface area contributed by atoms with E-state index in [9.17, 15) is 0 Å². The van der Waals surface area contributed by atoms with Crippen molar-refractivity contribution >= 4 is 22.5 Å². The molecular weight excluding hydrogens is 200 g/mol. The minimum absolute atomic E-state index is 0.0554. The monoisotopic (exact) mass is 208 g/mol. The molecule has 3 rings (SSSR count).